The van der Waals surface area contributed by atoms with Gasteiger partial charge in [0.1, 0.15) is 12.2 Å². The number of benzene rings is 2. The van der Waals surface area contributed by atoms with Gasteiger partial charge < -0.3 is 14.8 Å². The quantitative estimate of drug-likeness (QED) is 0.507. The van der Waals surface area contributed by atoms with E-state index in [1.807, 2.05) is 35.9 Å². The molecule has 210 valence electrons. The lowest BCUT2D eigenvalue weighted by atomic mass is 9.58. The van der Waals surface area contributed by atoms with Gasteiger partial charge in [-0.25, -0.2) is 0 Å². The highest BCUT2D eigenvalue weighted by atomic mass is 19.4. The fourth-order valence-electron chi connectivity index (χ4n) is 7.57. The first-order chi connectivity index (χ1) is 19.1. The lowest BCUT2D eigenvalue weighted by Crippen LogP contribution is -2.54. The summed E-state index contributed by atoms with van der Waals surface area (Å²) in [4.78, 5) is 17.4. The van der Waals surface area contributed by atoms with Crippen molar-refractivity contribution in [2.24, 2.45) is 18.4 Å². The van der Waals surface area contributed by atoms with Crippen molar-refractivity contribution in [2.45, 2.75) is 50.9 Å². The first kappa shape index (κ1) is 25.7. The predicted octanol–water partition coefficient (Wildman–Crippen LogP) is 4.51. The molecule has 3 aliphatic heterocycles. The van der Waals surface area contributed by atoms with Crippen LogP contribution in [-0.2, 0) is 31.7 Å². The molecule has 0 unspecified atom stereocenters. The smallest absolute Gasteiger partial charge is 0.320 e. The summed E-state index contributed by atoms with van der Waals surface area (Å²) in [6.45, 7) is 6.17. The number of alkyl halides is 3. The lowest BCUT2D eigenvalue weighted by molar-refractivity contribution is -0.138. The minimum atomic E-state index is -4.54. The highest BCUT2D eigenvalue weighted by Gasteiger charge is 2.49. The highest BCUT2D eigenvalue weighted by Crippen LogP contribution is 2.52. The van der Waals surface area contributed by atoms with Crippen molar-refractivity contribution < 1.29 is 18.0 Å². The van der Waals surface area contributed by atoms with Crippen molar-refractivity contribution in [3.8, 4) is 0 Å². The van der Waals surface area contributed by atoms with Crippen LogP contribution in [0.25, 0.3) is 0 Å². The molecule has 0 radical (unpaired) electrons. The average molecular weight is 551 g/mol. The molecule has 2 saturated heterocycles. The Balaban J connectivity index is 1.21. The second-order valence-corrected chi connectivity index (χ2v) is 12.5. The minimum Gasteiger partial charge on any atom is -0.320 e. The third kappa shape index (κ3) is 3.98. The molecule has 1 aliphatic carbocycles. The maximum Gasteiger partial charge on any atom is 0.416 e. The summed E-state index contributed by atoms with van der Waals surface area (Å²) in [6.07, 6.45) is -0.0144. The maximum absolute atomic E-state index is 14.3. The van der Waals surface area contributed by atoms with Crippen LogP contribution in [0.5, 0.6) is 0 Å². The number of likely N-dealkylation sites (tertiary alicyclic amines) is 1. The molecule has 1 saturated carbocycles. The van der Waals surface area contributed by atoms with Crippen LogP contribution in [0.2, 0.25) is 0 Å². The van der Waals surface area contributed by atoms with Gasteiger partial charge in [-0.05, 0) is 72.7 Å². The number of aryl methyl sites for hydroxylation is 1. The zero-order chi connectivity index (χ0) is 27.9. The van der Waals surface area contributed by atoms with E-state index in [1.165, 1.54) is 11.0 Å². The molecular formula is C30H33F3N6O. The molecule has 4 aliphatic rings. The number of rotatable bonds is 5. The molecule has 0 bridgehead atoms. The average Bonchev–Trinajstić information content (AvgIpc) is 3.59. The van der Waals surface area contributed by atoms with E-state index in [2.05, 4.69) is 27.3 Å². The van der Waals surface area contributed by atoms with E-state index in [0.717, 1.165) is 56.8 Å². The molecular weight excluding hydrogens is 517 g/mol. The molecule has 7 rings (SSSR count). The van der Waals surface area contributed by atoms with Crippen molar-refractivity contribution in [1.82, 2.24) is 25.0 Å². The molecule has 2 aromatic carbocycles. The summed E-state index contributed by atoms with van der Waals surface area (Å²) in [5.74, 6) is 0.997. The van der Waals surface area contributed by atoms with Gasteiger partial charge in [0.25, 0.3) is 5.91 Å². The molecule has 4 heterocycles. The first-order valence-corrected chi connectivity index (χ1v) is 14.0. The molecule has 1 amide bonds. The van der Waals surface area contributed by atoms with Crippen LogP contribution >= 0.6 is 0 Å². The number of nitrogens with zero attached hydrogens (tertiary/aromatic N) is 5. The number of halogens is 3. The third-order valence-electron chi connectivity index (χ3n) is 9.57. The van der Waals surface area contributed by atoms with Gasteiger partial charge in [0, 0.05) is 49.9 Å². The standard InChI is InChI=1S/C30H33F3N6O/c1-19-11-29(12-19,27-36-35-18-37(27)2)21-4-3-5-22(10-21)39-14-24-23(26(39)40)8-20(9-25(24)30(31,32)33)13-38-7-6-28(17-38)15-34-16-28/h3-5,8-10,18-19,34H,6-7,11-17H2,1-2H3. The van der Waals surface area contributed by atoms with Gasteiger partial charge in [-0.1, -0.05) is 19.1 Å². The summed E-state index contributed by atoms with van der Waals surface area (Å²) in [5.41, 5.74) is 1.61. The second kappa shape index (κ2) is 8.88. The highest BCUT2D eigenvalue weighted by molar-refractivity contribution is 6.10. The topological polar surface area (TPSA) is 66.3 Å². The number of carbonyl (C=O) groups is 1. The normalized spacial score (nSPS) is 25.8. The van der Waals surface area contributed by atoms with Crippen LogP contribution in [-0.4, -0.2) is 51.8 Å². The summed E-state index contributed by atoms with van der Waals surface area (Å²) in [5, 5.41) is 11.8. The van der Waals surface area contributed by atoms with Crippen molar-refractivity contribution >= 4 is 11.6 Å². The van der Waals surface area contributed by atoms with E-state index >= 15 is 0 Å². The number of amides is 1. The summed E-state index contributed by atoms with van der Waals surface area (Å²) < 4.78 is 44.9. The number of anilines is 1. The molecule has 1 aromatic heterocycles. The number of fused-ring (bicyclic) bond motifs is 1. The van der Waals surface area contributed by atoms with Crippen LogP contribution in [0.1, 0.15) is 64.6 Å². The van der Waals surface area contributed by atoms with Crippen LogP contribution in [0.15, 0.2) is 42.7 Å². The van der Waals surface area contributed by atoms with Gasteiger partial charge in [-0.3, -0.25) is 9.69 Å². The lowest BCUT2D eigenvalue weighted by Gasteiger charge is -2.46. The molecule has 3 fully saturated rings. The van der Waals surface area contributed by atoms with Crippen molar-refractivity contribution in [3.05, 3.63) is 76.4 Å². The zero-order valence-corrected chi connectivity index (χ0v) is 22.8. The zero-order valence-electron chi connectivity index (χ0n) is 22.8. The van der Waals surface area contributed by atoms with E-state index in [-0.39, 0.29) is 34.4 Å². The Kier molecular flexibility index (Phi) is 5.71. The largest absolute Gasteiger partial charge is 0.416 e. The molecule has 40 heavy (non-hydrogen) atoms. The summed E-state index contributed by atoms with van der Waals surface area (Å²) in [6, 6.07) is 10.6. The SMILES string of the molecule is CC1CC(c2cccc(N3Cc4c(cc(CN5CCC6(CNC6)C5)cc4C(F)(F)F)C3=O)c2)(c2nncn2C)C1. The Morgan fingerprint density at radius 3 is 2.58 bits per heavy atom. The third-order valence-corrected chi connectivity index (χ3v) is 9.57. The Hall–Kier alpha value is -3.24. The summed E-state index contributed by atoms with van der Waals surface area (Å²) in [7, 11) is 1.92. The number of aromatic nitrogens is 3. The van der Waals surface area contributed by atoms with E-state index in [4.69, 9.17) is 0 Å². The Bertz CT molecular complexity index is 1490. The van der Waals surface area contributed by atoms with Crippen molar-refractivity contribution in [1.29, 1.82) is 0 Å². The Morgan fingerprint density at radius 2 is 1.95 bits per heavy atom. The molecule has 3 aromatic rings. The second-order valence-electron chi connectivity index (χ2n) is 12.5. The van der Waals surface area contributed by atoms with E-state index in [9.17, 15) is 18.0 Å². The predicted molar refractivity (Wildman–Crippen MR) is 144 cm³/mol. The van der Waals surface area contributed by atoms with E-state index in [0.29, 0.717) is 23.7 Å². The van der Waals surface area contributed by atoms with Crippen LogP contribution in [0.4, 0.5) is 18.9 Å². The molecule has 10 heteroatoms. The van der Waals surface area contributed by atoms with Crippen LogP contribution in [0, 0.1) is 11.3 Å². The van der Waals surface area contributed by atoms with Crippen LogP contribution < -0.4 is 10.2 Å². The van der Waals surface area contributed by atoms with Gasteiger partial charge in [0.15, 0.2) is 0 Å². The molecule has 1 spiro atoms. The molecule has 1 N–H and O–H groups in total. The number of hydrogen-bond acceptors (Lipinski definition) is 5. The van der Waals surface area contributed by atoms with Crippen molar-refractivity contribution in [3.63, 3.8) is 0 Å². The molecule has 7 nitrogen and oxygen atoms in total. The molecule has 0 atom stereocenters. The fourth-order valence-corrected chi connectivity index (χ4v) is 7.57. The van der Waals surface area contributed by atoms with Gasteiger partial charge in [0.2, 0.25) is 0 Å². The van der Waals surface area contributed by atoms with Gasteiger partial charge in [-0.15, -0.1) is 10.2 Å². The minimum absolute atomic E-state index is 0.0630. The number of hydrogen-bond donors (Lipinski definition) is 1. The van der Waals surface area contributed by atoms with Gasteiger partial charge in [-0.2, -0.15) is 13.2 Å². The summed E-state index contributed by atoms with van der Waals surface area (Å²) >= 11 is 0. The Labute approximate surface area is 231 Å². The fraction of sp³-hybridized carbons (Fsp3) is 0.500. The number of carbonyl (C=O) groups excluding carboxylic acids is 1. The van der Waals surface area contributed by atoms with Gasteiger partial charge >= 0.3 is 6.18 Å². The van der Waals surface area contributed by atoms with Crippen LogP contribution in [0.3, 0.4) is 0 Å². The van der Waals surface area contributed by atoms with E-state index in [1.54, 1.807) is 12.4 Å². The number of nitrogens with one attached hydrogen (secondary N) is 1. The maximum atomic E-state index is 14.3. The Morgan fingerprint density at radius 1 is 1.15 bits per heavy atom. The monoisotopic (exact) mass is 550 g/mol. The van der Waals surface area contributed by atoms with Gasteiger partial charge in [0.05, 0.1) is 17.5 Å². The van der Waals surface area contributed by atoms with Crippen molar-refractivity contribution in [2.75, 3.05) is 31.1 Å². The first-order valence-electron chi connectivity index (χ1n) is 14.0. The van der Waals surface area contributed by atoms with E-state index < -0.39 is 11.7 Å².